The van der Waals surface area contributed by atoms with Crippen LogP contribution < -0.4 is 0 Å². The molecule has 0 saturated heterocycles. The molecule has 664 valence electrons. The van der Waals surface area contributed by atoms with Crippen molar-refractivity contribution in [3.8, 4) is 100 Å². The zero-order valence-electron chi connectivity index (χ0n) is 69.6. The number of nitrogens with zero attached hydrogens (tertiary/aromatic N) is 7. The first kappa shape index (κ1) is 110. The van der Waals surface area contributed by atoms with E-state index in [0.29, 0.717) is 0 Å². The lowest BCUT2D eigenvalue weighted by Crippen LogP contribution is -1.85. The lowest BCUT2D eigenvalue weighted by molar-refractivity contribution is 0.393. The van der Waals surface area contributed by atoms with E-state index in [1.54, 1.807) is 29.9 Å². The van der Waals surface area contributed by atoms with E-state index in [2.05, 4.69) is 369 Å². The smallest absolute Gasteiger partial charge is 0.159 e. The summed E-state index contributed by atoms with van der Waals surface area (Å²) in [7, 11) is 0. The Morgan fingerprint density at radius 2 is 0.711 bits per heavy atom. The van der Waals surface area contributed by atoms with Crippen LogP contribution in [0.5, 0.6) is 0 Å². The molecule has 128 heavy (non-hydrogen) atoms. The normalized spacial score (nSPS) is 9.47. The maximum absolute atomic E-state index is 5.79. The highest BCUT2D eigenvalue weighted by atomic mass is 32.1. The molecule has 10 nitrogen and oxygen atoms in total. The molecule has 0 aliphatic heterocycles. The Hall–Kier alpha value is -13.9. The highest BCUT2D eigenvalue weighted by Crippen LogP contribution is 2.32. The van der Waals surface area contributed by atoms with Gasteiger partial charge in [-0.1, -0.05) is 365 Å². The average molecular weight is 1740 g/mol. The standard InChI is InChI=1S/C15H12O.C12H13NO.2C12H11N.C12H12S.2C11H10N2.C11H11N.C11H10S.9CH4/c1-11-6-8-12(9-7-11)15-10-13-4-2-3-5-14(13)16-15;1-8-4-6-11(7-5-8)12-9(2)13-14-10(12)3;1-10-2-4-11(5-3-10)12-6-8-13-9-7-12;1-10-4-6-11(7-5-10)12-3-2-8-13-9-12;1-9-3-6-11(7-4-9)12-8-5-10(2)13-12;1-9-3-5-10(6-4-9)11-12-7-2-8-13-11;1-9-2-4-10(5-3-9)11-6-12-8-13-7-11;1-9-4-6-10(7-5-9)11-3-2-8-12-11;1-9-2-4-10(5-3-9)11-6-7-12-8-11;;;;;;;;;/h2-10H,1H3;4-7H,1-3H3;2*2-9H,1H3;3-8H,1-2H3;2*2-8H,1H3;2-8,12H,1H3;2-8H,1H3;9*1H4. The SMILES string of the molecule is C.C.C.C.C.C.C.C.C.Cc1ccc(-c2c(C)noc2C)cc1.Cc1ccc(-c2cc3ccccc3o2)cc1.Cc1ccc(-c2ccc(C)s2)cc1.Cc1ccc(-c2ccc[nH]2)cc1.Cc1ccc(-c2cccnc2)cc1.Cc1ccc(-c2ccncc2)cc1.Cc1ccc(-c2ccsc2)cc1.Cc1ccc(-c2cncnc2)cc1.Cc1ccc(-c2ncccn2)cc1. The monoisotopic (exact) mass is 1740 g/mol. The van der Waals surface area contributed by atoms with Gasteiger partial charge in [0.25, 0.3) is 0 Å². The third-order valence-corrected chi connectivity index (χ3v) is 20.7. The van der Waals surface area contributed by atoms with Crippen LogP contribution in [-0.2, 0) is 0 Å². The summed E-state index contributed by atoms with van der Waals surface area (Å²) < 4.78 is 10.9. The van der Waals surface area contributed by atoms with Gasteiger partial charge in [0.05, 0.1) is 5.69 Å². The molecule has 0 aliphatic rings. The molecule has 0 aliphatic carbocycles. The fraction of sp³-hybridized carbons (Fsp3) is 0.181. The highest BCUT2D eigenvalue weighted by molar-refractivity contribution is 7.15. The van der Waals surface area contributed by atoms with Gasteiger partial charge in [0, 0.05) is 98.9 Å². The molecule has 12 heteroatoms. The molecule has 9 aromatic heterocycles. The summed E-state index contributed by atoms with van der Waals surface area (Å²) in [5.41, 5.74) is 31.3. The minimum absolute atomic E-state index is 0. The number of aryl methyl sites for hydroxylation is 12. The van der Waals surface area contributed by atoms with Crippen molar-refractivity contribution in [1.29, 1.82) is 0 Å². The number of H-pyrrole nitrogens is 1. The number of aromatic nitrogens is 8. The molecular formula is C116H136N8O2S2. The predicted octanol–water partition coefficient (Wildman–Crippen LogP) is 35.2. The quantitative estimate of drug-likeness (QED) is 0.150. The summed E-state index contributed by atoms with van der Waals surface area (Å²) in [6.07, 6.45) is 17.9. The Kier molecular flexibility index (Phi) is 49.6. The summed E-state index contributed by atoms with van der Waals surface area (Å²) in [4.78, 5) is 30.3. The van der Waals surface area contributed by atoms with Gasteiger partial charge in [-0.05, 0) is 216 Å². The number of aromatic amines is 1. The largest absolute Gasteiger partial charge is 0.456 e. The fourth-order valence-electron chi connectivity index (χ4n) is 12.1. The van der Waals surface area contributed by atoms with Crippen LogP contribution in [0, 0.1) is 83.1 Å². The van der Waals surface area contributed by atoms with Crippen molar-refractivity contribution in [2.24, 2.45) is 0 Å². The van der Waals surface area contributed by atoms with E-state index in [9.17, 15) is 0 Å². The van der Waals surface area contributed by atoms with Crippen molar-refractivity contribution in [2.45, 2.75) is 150 Å². The Labute approximate surface area is 775 Å². The lowest BCUT2D eigenvalue weighted by atomic mass is 10.0. The van der Waals surface area contributed by atoms with Crippen molar-refractivity contribution in [3.63, 3.8) is 0 Å². The van der Waals surface area contributed by atoms with Crippen LogP contribution in [0.3, 0.4) is 0 Å². The minimum Gasteiger partial charge on any atom is -0.456 e. The van der Waals surface area contributed by atoms with Crippen LogP contribution >= 0.6 is 22.7 Å². The summed E-state index contributed by atoms with van der Waals surface area (Å²) in [6, 6.07) is 107. The van der Waals surface area contributed by atoms with E-state index in [4.69, 9.17) is 8.94 Å². The Bertz CT molecular complexity index is 5610. The van der Waals surface area contributed by atoms with Crippen molar-refractivity contribution in [3.05, 3.63) is 449 Å². The molecule has 10 aromatic carbocycles. The van der Waals surface area contributed by atoms with Gasteiger partial charge in [0.15, 0.2) is 5.82 Å². The molecule has 0 bridgehead atoms. The van der Waals surface area contributed by atoms with Gasteiger partial charge in [-0.15, -0.1) is 11.3 Å². The summed E-state index contributed by atoms with van der Waals surface area (Å²) in [6.45, 7) is 24.9. The maximum atomic E-state index is 5.79. The number of pyridine rings is 2. The number of furan rings is 1. The second-order valence-corrected chi connectivity index (χ2v) is 30.9. The van der Waals surface area contributed by atoms with Gasteiger partial charge in [-0.3, -0.25) is 9.97 Å². The lowest BCUT2D eigenvalue weighted by Gasteiger charge is -2.00. The number of hydrogen-bond acceptors (Lipinski definition) is 11. The number of hydrogen-bond donors (Lipinski definition) is 1. The number of rotatable bonds is 9. The van der Waals surface area contributed by atoms with Crippen molar-refractivity contribution in [2.75, 3.05) is 0 Å². The molecule has 0 unspecified atom stereocenters. The van der Waals surface area contributed by atoms with Crippen LogP contribution in [0.25, 0.3) is 111 Å². The molecule has 0 atom stereocenters. The van der Waals surface area contributed by atoms with Gasteiger partial charge in [-0.2, -0.15) is 11.3 Å². The number of fused-ring (bicyclic) bond motifs is 1. The first-order valence-electron chi connectivity index (χ1n) is 39.5. The van der Waals surface area contributed by atoms with E-state index >= 15 is 0 Å². The topological polar surface area (TPSA) is 132 Å². The second-order valence-electron chi connectivity index (χ2n) is 28.8. The van der Waals surface area contributed by atoms with Gasteiger partial charge in [0.1, 0.15) is 23.4 Å². The average Bonchev–Trinajstić information content (AvgIpc) is 1.69. The highest BCUT2D eigenvalue weighted by Gasteiger charge is 2.11. The molecule has 19 rings (SSSR count). The minimum atomic E-state index is 0. The first-order chi connectivity index (χ1) is 57.9. The Balaban J connectivity index is 0.000000484. The van der Waals surface area contributed by atoms with Gasteiger partial charge < -0.3 is 13.9 Å². The molecule has 0 radical (unpaired) electrons. The third-order valence-electron chi connectivity index (χ3n) is 19.0. The molecular weight excluding hydrogens is 1600 g/mol. The molecule has 9 heterocycles. The van der Waals surface area contributed by atoms with Crippen LogP contribution in [0.2, 0.25) is 0 Å². The van der Waals surface area contributed by atoms with Crippen LogP contribution in [0.15, 0.2) is 391 Å². The second kappa shape index (κ2) is 57.6. The zero-order valence-corrected chi connectivity index (χ0v) is 71.3. The van der Waals surface area contributed by atoms with E-state index in [-0.39, 0.29) is 66.8 Å². The number of thiophene rings is 2. The van der Waals surface area contributed by atoms with E-state index in [1.165, 1.54) is 122 Å². The van der Waals surface area contributed by atoms with Gasteiger partial charge >= 0.3 is 0 Å². The predicted molar refractivity (Wildman–Crippen MR) is 561 cm³/mol. The number of benzene rings is 10. The summed E-state index contributed by atoms with van der Waals surface area (Å²) in [5, 5.41) is 9.37. The summed E-state index contributed by atoms with van der Waals surface area (Å²) >= 11 is 3.59. The first-order valence-corrected chi connectivity index (χ1v) is 41.3. The molecule has 0 spiro atoms. The van der Waals surface area contributed by atoms with Crippen LogP contribution in [0.4, 0.5) is 0 Å². The van der Waals surface area contributed by atoms with E-state index in [1.807, 2.05) is 123 Å². The zero-order chi connectivity index (χ0) is 83.5. The Morgan fingerprint density at radius 3 is 1.12 bits per heavy atom. The van der Waals surface area contributed by atoms with Crippen LogP contribution in [-0.4, -0.2) is 40.0 Å². The number of para-hydroxylation sites is 1. The molecule has 19 aromatic rings. The molecule has 1 N–H and O–H groups in total. The summed E-state index contributed by atoms with van der Waals surface area (Å²) in [5.74, 6) is 2.59. The van der Waals surface area contributed by atoms with Crippen LogP contribution in [0.1, 0.15) is 133 Å². The molecule has 0 amide bonds. The van der Waals surface area contributed by atoms with E-state index < -0.39 is 0 Å². The van der Waals surface area contributed by atoms with Crippen molar-refractivity contribution >= 4 is 33.6 Å². The van der Waals surface area contributed by atoms with Gasteiger partial charge in [-0.25, -0.2) is 19.9 Å². The Morgan fingerprint density at radius 1 is 0.297 bits per heavy atom. The molecule has 0 fully saturated rings. The van der Waals surface area contributed by atoms with Crippen molar-refractivity contribution in [1.82, 2.24) is 40.0 Å². The third kappa shape index (κ3) is 34.9. The van der Waals surface area contributed by atoms with E-state index in [0.717, 1.165) is 61.8 Å². The van der Waals surface area contributed by atoms with Gasteiger partial charge in [0.2, 0.25) is 0 Å². The van der Waals surface area contributed by atoms with Crippen molar-refractivity contribution < 1.29 is 8.94 Å². The fourth-order valence-corrected chi connectivity index (χ4v) is 13.6. The number of nitrogens with one attached hydrogen (secondary N) is 1. The molecule has 0 saturated carbocycles. The maximum Gasteiger partial charge on any atom is 0.159 e.